The summed E-state index contributed by atoms with van der Waals surface area (Å²) in [5.74, 6) is -0.694. The molecule has 0 saturated heterocycles. The summed E-state index contributed by atoms with van der Waals surface area (Å²) in [6.07, 6.45) is -4.68. The zero-order valence-corrected chi connectivity index (χ0v) is 11.1. The van der Waals surface area contributed by atoms with E-state index in [0.29, 0.717) is 0 Å². The van der Waals surface area contributed by atoms with Gasteiger partial charge in [-0.2, -0.15) is 18.4 Å². The number of halogens is 5. The first-order valence-corrected chi connectivity index (χ1v) is 6.03. The van der Waals surface area contributed by atoms with Crippen LogP contribution in [0.25, 0.3) is 0 Å². The summed E-state index contributed by atoms with van der Waals surface area (Å²) in [7, 11) is 0. The van der Waals surface area contributed by atoms with Crippen LogP contribution in [0, 0.1) is 17.1 Å². The molecular weight excluding hydrogens is 308 g/mol. The number of nitriles is 1. The summed E-state index contributed by atoms with van der Waals surface area (Å²) in [5, 5.41) is 11.2. The number of benzene rings is 2. The van der Waals surface area contributed by atoms with Gasteiger partial charge in [0.2, 0.25) is 0 Å². The van der Waals surface area contributed by atoms with Crippen LogP contribution >= 0.6 is 11.6 Å². The van der Waals surface area contributed by atoms with E-state index in [4.69, 9.17) is 16.9 Å². The summed E-state index contributed by atoms with van der Waals surface area (Å²) < 4.78 is 52.1. The number of rotatable bonds is 2. The van der Waals surface area contributed by atoms with Crippen molar-refractivity contribution in [3.63, 3.8) is 0 Å². The van der Waals surface area contributed by atoms with Crippen LogP contribution in [0.15, 0.2) is 36.4 Å². The SMILES string of the molecule is N#Cc1ccc(Nc2c(F)cccc2Cl)cc1C(F)(F)F. The summed E-state index contributed by atoms with van der Waals surface area (Å²) in [6, 6.07) is 8.38. The highest BCUT2D eigenvalue weighted by molar-refractivity contribution is 6.33. The monoisotopic (exact) mass is 314 g/mol. The quantitative estimate of drug-likeness (QED) is 0.782. The summed E-state index contributed by atoms with van der Waals surface area (Å²) in [5.41, 5.74) is -1.75. The Bertz CT molecular complexity index is 700. The van der Waals surface area contributed by atoms with Crippen molar-refractivity contribution in [1.82, 2.24) is 0 Å². The third-order valence-corrected chi connectivity index (χ3v) is 2.99. The van der Waals surface area contributed by atoms with Crippen LogP contribution in [-0.2, 0) is 6.18 Å². The van der Waals surface area contributed by atoms with Gasteiger partial charge in [-0.25, -0.2) is 4.39 Å². The maximum Gasteiger partial charge on any atom is 0.417 e. The molecule has 2 nitrogen and oxygen atoms in total. The molecule has 0 bridgehead atoms. The van der Waals surface area contributed by atoms with Crippen molar-refractivity contribution < 1.29 is 17.6 Å². The predicted molar refractivity (Wildman–Crippen MR) is 70.9 cm³/mol. The third kappa shape index (κ3) is 3.26. The van der Waals surface area contributed by atoms with Crippen LogP contribution in [0.1, 0.15) is 11.1 Å². The molecule has 1 N–H and O–H groups in total. The van der Waals surface area contributed by atoms with E-state index in [1.807, 2.05) is 0 Å². The van der Waals surface area contributed by atoms with Gasteiger partial charge >= 0.3 is 6.18 Å². The fourth-order valence-corrected chi connectivity index (χ4v) is 1.93. The average Bonchev–Trinajstić information content (AvgIpc) is 2.42. The molecule has 0 radical (unpaired) electrons. The third-order valence-electron chi connectivity index (χ3n) is 2.68. The number of para-hydroxylation sites is 1. The molecule has 21 heavy (non-hydrogen) atoms. The number of hydrogen-bond donors (Lipinski definition) is 1. The van der Waals surface area contributed by atoms with Crippen LogP contribution < -0.4 is 5.32 Å². The standard InChI is InChI=1S/C14H7ClF4N2/c15-11-2-1-3-12(16)13(11)21-9-5-4-8(7-20)10(6-9)14(17,18)19/h1-6,21H. The molecule has 0 aromatic heterocycles. The van der Waals surface area contributed by atoms with Crippen LogP contribution in [0.5, 0.6) is 0 Å². The van der Waals surface area contributed by atoms with Crippen molar-refractivity contribution in [2.45, 2.75) is 6.18 Å². The molecule has 0 aliphatic carbocycles. The number of hydrogen-bond acceptors (Lipinski definition) is 2. The molecule has 0 aliphatic heterocycles. The van der Waals surface area contributed by atoms with Crippen LogP contribution in [0.3, 0.4) is 0 Å². The Morgan fingerprint density at radius 3 is 2.43 bits per heavy atom. The average molecular weight is 315 g/mol. The minimum Gasteiger partial charge on any atom is -0.352 e. The van der Waals surface area contributed by atoms with Gasteiger partial charge in [-0.05, 0) is 30.3 Å². The molecule has 0 spiro atoms. The molecule has 0 saturated carbocycles. The predicted octanol–water partition coefficient (Wildman–Crippen LogP) is 5.11. The molecule has 0 atom stereocenters. The normalized spacial score (nSPS) is 11.0. The van der Waals surface area contributed by atoms with E-state index in [9.17, 15) is 17.6 Å². The fraction of sp³-hybridized carbons (Fsp3) is 0.0714. The van der Waals surface area contributed by atoms with Crippen molar-refractivity contribution in [1.29, 1.82) is 5.26 Å². The van der Waals surface area contributed by atoms with E-state index in [1.54, 1.807) is 0 Å². The zero-order chi connectivity index (χ0) is 15.6. The minimum absolute atomic E-state index is 0.0201. The van der Waals surface area contributed by atoms with Crippen LogP contribution in [-0.4, -0.2) is 0 Å². The Morgan fingerprint density at radius 1 is 1.14 bits per heavy atom. The van der Waals surface area contributed by atoms with Crippen LogP contribution in [0.4, 0.5) is 28.9 Å². The molecule has 0 heterocycles. The maximum atomic E-state index is 13.6. The highest BCUT2D eigenvalue weighted by Gasteiger charge is 2.33. The van der Waals surface area contributed by atoms with Gasteiger partial charge in [0, 0.05) is 5.69 Å². The maximum absolute atomic E-state index is 13.6. The van der Waals surface area contributed by atoms with Crippen molar-refractivity contribution in [3.05, 3.63) is 58.4 Å². The topological polar surface area (TPSA) is 35.8 Å². The molecule has 2 aromatic rings. The summed E-state index contributed by atoms with van der Waals surface area (Å²) in [4.78, 5) is 0. The lowest BCUT2D eigenvalue weighted by atomic mass is 10.1. The first-order valence-electron chi connectivity index (χ1n) is 5.65. The first kappa shape index (κ1) is 15.1. The first-order chi connectivity index (χ1) is 9.82. The molecule has 7 heteroatoms. The van der Waals surface area contributed by atoms with Crippen molar-refractivity contribution in [2.75, 3.05) is 5.32 Å². The van der Waals surface area contributed by atoms with Gasteiger partial charge in [0.1, 0.15) is 5.82 Å². The Kier molecular flexibility index (Phi) is 4.05. The Labute approximate surface area is 122 Å². The lowest BCUT2D eigenvalue weighted by molar-refractivity contribution is -0.137. The van der Waals surface area contributed by atoms with Gasteiger partial charge in [-0.15, -0.1) is 0 Å². The van der Waals surface area contributed by atoms with E-state index in [-0.39, 0.29) is 16.4 Å². The molecule has 2 rings (SSSR count). The van der Waals surface area contributed by atoms with Crippen molar-refractivity contribution in [3.8, 4) is 6.07 Å². The number of nitrogens with one attached hydrogen (secondary N) is 1. The van der Waals surface area contributed by atoms with Gasteiger partial charge in [0.05, 0.1) is 27.9 Å². The molecule has 108 valence electrons. The number of nitrogens with zero attached hydrogens (tertiary/aromatic N) is 1. The zero-order valence-electron chi connectivity index (χ0n) is 10.3. The van der Waals surface area contributed by atoms with E-state index >= 15 is 0 Å². The molecular formula is C14H7ClF4N2. The minimum atomic E-state index is -4.68. The Balaban J connectivity index is 2.45. The Hall–Kier alpha value is -2.26. The molecule has 0 amide bonds. The summed E-state index contributed by atoms with van der Waals surface area (Å²) in [6.45, 7) is 0. The number of anilines is 2. The van der Waals surface area contributed by atoms with E-state index in [1.165, 1.54) is 24.3 Å². The van der Waals surface area contributed by atoms with E-state index in [2.05, 4.69) is 5.32 Å². The number of alkyl halides is 3. The van der Waals surface area contributed by atoms with E-state index < -0.39 is 23.1 Å². The van der Waals surface area contributed by atoms with Gasteiger partial charge in [-0.1, -0.05) is 17.7 Å². The summed E-state index contributed by atoms with van der Waals surface area (Å²) >= 11 is 5.79. The van der Waals surface area contributed by atoms with Crippen LogP contribution in [0.2, 0.25) is 5.02 Å². The molecule has 2 aromatic carbocycles. The Morgan fingerprint density at radius 2 is 1.86 bits per heavy atom. The van der Waals surface area contributed by atoms with Crippen molar-refractivity contribution in [2.24, 2.45) is 0 Å². The molecule has 0 fully saturated rings. The van der Waals surface area contributed by atoms with E-state index in [0.717, 1.165) is 18.2 Å². The second kappa shape index (κ2) is 5.62. The second-order valence-corrected chi connectivity index (χ2v) is 4.50. The van der Waals surface area contributed by atoms with Gasteiger partial charge in [-0.3, -0.25) is 0 Å². The highest BCUT2D eigenvalue weighted by atomic mass is 35.5. The smallest absolute Gasteiger partial charge is 0.352 e. The molecule has 0 unspecified atom stereocenters. The second-order valence-electron chi connectivity index (χ2n) is 4.09. The fourth-order valence-electron chi connectivity index (χ4n) is 1.72. The van der Waals surface area contributed by atoms with Crippen molar-refractivity contribution >= 4 is 23.0 Å². The van der Waals surface area contributed by atoms with Gasteiger partial charge in [0.25, 0.3) is 0 Å². The van der Waals surface area contributed by atoms with Gasteiger partial charge < -0.3 is 5.32 Å². The lowest BCUT2D eigenvalue weighted by Crippen LogP contribution is -2.08. The highest BCUT2D eigenvalue weighted by Crippen LogP contribution is 2.35. The lowest BCUT2D eigenvalue weighted by Gasteiger charge is -2.13. The molecule has 0 aliphatic rings. The van der Waals surface area contributed by atoms with Gasteiger partial charge in [0.15, 0.2) is 0 Å². The largest absolute Gasteiger partial charge is 0.417 e.